The molecule has 0 saturated carbocycles. The smallest absolute Gasteiger partial charge is 0.231 e. The van der Waals surface area contributed by atoms with Crippen molar-refractivity contribution in [2.24, 2.45) is 11.6 Å². The Bertz CT molecular complexity index is 354. The maximum Gasteiger partial charge on any atom is 0.231 e. The summed E-state index contributed by atoms with van der Waals surface area (Å²) < 4.78 is 0. The molecule has 1 aromatic heterocycles. The Morgan fingerprint density at radius 1 is 1.65 bits per heavy atom. The van der Waals surface area contributed by atoms with Gasteiger partial charge in [-0.05, 0) is 13.0 Å². The molecule has 0 spiro atoms. The number of thiazole rings is 1. The van der Waals surface area contributed by atoms with Crippen LogP contribution < -0.4 is 17.0 Å². The topological polar surface area (TPSA) is 97.3 Å². The molecule has 96 valence electrons. The first kappa shape index (κ1) is 13.9. The van der Waals surface area contributed by atoms with E-state index < -0.39 is 0 Å². The first-order chi connectivity index (χ1) is 8.15. The monoisotopic (exact) mass is 257 g/mol. The third-order valence-corrected chi connectivity index (χ3v) is 3.18. The number of primary amides is 1. The number of anilines is 1. The van der Waals surface area contributed by atoms with Crippen LogP contribution in [0.25, 0.3) is 0 Å². The summed E-state index contributed by atoms with van der Waals surface area (Å²) in [6.07, 6.45) is 3.90. The Kier molecular flexibility index (Phi) is 5.88. The molecule has 0 aliphatic carbocycles. The Labute approximate surface area is 105 Å². The predicted molar refractivity (Wildman–Crippen MR) is 69.3 cm³/mol. The second-order valence-corrected chi connectivity index (χ2v) is 4.92. The Balaban J connectivity index is 2.54. The van der Waals surface area contributed by atoms with Crippen LogP contribution in [-0.2, 0) is 11.3 Å². The van der Waals surface area contributed by atoms with Crippen molar-refractivity contribution in [2.75, 3.05) is 18.5 Å². The van der Waals surface area contributed by atoms with Crippen molar-refractivity contribution < 1.29 is 4.79 Å². The summed E-state index contributed by atoms with van der Waals surface area (Å²) in [7, 11) is 0. The van der Waals surface area contributed by atoms with Gasteiger partial charge in [0, 0.05) is 17.6 Å². The lowest BCUT2D eigenvalue weighted by molar-refractivity contribution is -0.119. The number of rotatable bonds is 8. The van der Waals surface area contributed by atoms with Gasteiger partial charge in [0.1, 0.15) is 0 Å². The zero-order chi connectivity index (χ0) is 12.7. The number of hydrogen-bond acceptors (Lipinski definition) is 6. The van der Waals surface area contributed by atoms with Gasteiger partial charge in [0.05, 0.1) is 6.54 Å². The molecule has 0 fully saturated rings. The second-order valence-electron chi connectivity index (χ2n) is 3.81. The maximum absolute atomic E-state index is 11.0. The molecule has 0 aromatic carbocycles. The van der Waals surface area contributed by atoms with Gasteiger partial charge in [0.25, 0.3) is 0 Å². The molecule has 7 heteroatoms. The van der Waals surface area contributed by atoms with E-state index in [9.17, 15) is 4.79 Å². The number of nitrogens with one attached hydrogen (secondary N) is 1. The molecule has 1 aromatic rings. The van der Waals surface area contributed by atoms with Gasteiger partial charge in [0.2, 0.25) is 5.91 Å². The standard InChI is InChI=1S/C10H19N5OS/c1-2-3-4-15(7-9(11)16)6-8-5-13-10(14-12)17-8/h5H,2-4,6-7,12H2,1H3,(H2,11,16)(H,13,14). The molecule has 0 radical (unpaired) electrons. The van der Waals surface area contributed by atoms with Gasteiger partial charge < -0.3 is 5.73 Å². The number of nitrogens with zero attached hydrogens (tertiary/aromatic N) is 2. The number of amides is 1. The van der Waals surface area contributed by atoms with Crippen LogP contribution in [0.4, 0.5) is 5.13 Å². The molecule has 0 bridgehead atoms. The van der Waals surface area contributed by atoms with Crippen molar-refractivity contribution in [2.45, 2.75) is 26.3 Å². The number of carbonyl (C=O) groups is 1. The van der Waals surface area contributed by atoms with Crippen LogP contribution >= 0.6 is 11.3 Å². The fourth-order valence-corrected chi connectivity index (χ4v) is 2.25. The Morgan fingerprint density at radius 3 is 2.94 bits per heavy atom. The van der Waals surface area contributed by atoms with Crippen LogP contribution in [-0.4, -0.2) is 28.9 Å². The van der Waals surface area contributed by atoms with E-state index in [2.05, 4.69) is 17.3 Å². The van der Waals surface area contributed by atoms with Crippen molar-refractivity contribution in [3.8, 4) is 0 Å². The number of aromatic nitrogens is 1. The molecule has 0 atom stereocenters. The average molecular weight is 257 g/mol. The van der Waals surface area contributed by atoms with E-state index in [0.29, 0.717) is 11.7 Å². The molecule has 5 N–H and O–H groups in total. The van der Waals surface area contributed by atoms with Crippen molar-refractivity contribution in [1.29, 1.82) is 0 Å². The highest BCUT2D eigenvalue weighted by molar-refractivity contribution is 7.15. The van der Waals surface area contributed by atoms with Crippen LogP contribution in [0.2, 0.25) is 0 Å². The SMILES string of the molecule is CCCCN(CC(N)=O)Cc1cnc(NN)s1. The van der Waals surface area contributed by atoms with Crippen LogP contribution in [0.1, 0.15) is 24.6 Å². The molecule has 1 rings (SSSR count). The van der Waals surface area contributed by atoms with Crippen molar-refractivity contribution in [3.05, 3.63) is 11.1 Å². The average Bonchev–Trinajstić information content (AvgIpc) is 2.73. The van der Waals surface area contributed by atoms with Crippen molar-refractivity contribution >= 4 is 22.4 Å². The maximum atomic E-state index is 11.0. The second kappa shape index (κ2) is 7.21. The molecule has 0 unspecified atom stereocenters. The van der Waals surface area contributed by atoms with Crippen molar-refractivity contribution in [3.63, 3.8) is 0 Å². The van der Waals surface area contributed by atoms with Gasteiger partial charge in [-0.3, -0.25) is 15.1 Å². The molecular formula is C10H19N5OS. The third kappa shape index (κ3) is 5.12. The summed E-state index contributed by atoms with van der Waals surface area (Å²) >= 11 is 1.48. The summed E-state index contributed by atoms with van der Waals surface area (Å²) in [5, 5.41) is 0.675. The lowest BCUT2D eigenvalue weighted by atomic mass is 10.3. The predicted octanol–water partition coefficient (Wildman–Crippen LogP) is 0.516. The summed E-state index contributed by atoms with van der Waals surface area (Å²) in [4.78, 5) is 18.1. The molecule has 1 heterocycles. The Morgan fingerprint density at radius 2 is 2.41 bits per heavy atom. The lowest BCUT2D eigenvalue weighted by Gasteiger charge is -2.19. The van der Waals surface area contributed by atoms with E-state index in [1.807, 2.05) is 4.90 Å². The van der Waals surface area contributed by atoms with Gasteiger partial charge in [-0.25, -0.2) is 10.8 Å². The number of nitrogen functional groups attached to an aromatic ring is 1. The highest BCUT2D eigenvalue weighted by Crippen LogP contribution is 2.18. The largest absolute Gasteiger partial charge is 0.369 e. The minimum atomic E-state index is -0.303. The summed E-state index contributed by atoms with van der Waals surface area (Å²) in [6.45, 7) is 3.94. The van der Waals surface area contributed by atoms with Crippen LogP contribution in [0.15, 0.2) is 6.20 Å². The fourth-order valence-electron chi connectivity index (χ4n) is 1.48. The molecule has 0 saturated heterocycles. The summed E-state index contributed by atoms with van der Waals surface area (Å²) in [6, 6.07) is 0. The molecule has 1 amide bonds. The summed E-state index contributed by atoms with van der Waals surface area (Å²) in [5.41, 5.74) is 7.73. The molecular weight excluding hydrogens is 238 g/mol. The molecule has 17 heavy (non-hydrogen) atoms. The molecule has 0 aliphatic heterocycles. The van der Waals surface area contributed by atoms with Gasteiger partial charge in [0.15, 0.2) is 5.13 Å². The van der Waals surface area contributed by atoms with Gasteiger partial charge >= 0.3 is 0 Å². The van der Waals surface area contributed by atoms with Crippen LogP contribution in [0.5, 0.6) is 0 Å². The number of carbonyl (C=O) groups excluding carboxylic acids is 1. The molecule has 0 aliphatic rings. The van der Waals surface area contributed by atoms with Crippen LogP contribution in [0.3, 0.4) is 0 Å². The minimum absolute atomic E-state index is 0.281. The lowest BCUT2D eigenvalue weighted by Crippen LogP contribution is -2.33. The fraction of sp³-hybridized carbons (Fsp3) is 0.600. The quantitative estimate of drug-likeness (QED) is 0.466. The van der Waals surface area contributed by atoms with Gasteiger partial charge in [-0.15, -0.1) is 0 Å². The van der Waals surface area contributed by atoms with Crippen LogP contribution in [0, 0.1) is 0 Å². The zero-order valence-corrected chi connectivity index (χ0v) is 10.8. The minimum Gasteiger partial charge on any atom is -0.369 e. The Hall–Kier alpha value is -1.18. The highest BCUT2D eigenvalue weighted by Gasteiger charge is 2.10. The van der Waals surface area contributed by atoms with Gasteiger partial charge in [-0.2, -0.15) is 0 Å². The van der Waals surface area contributed by atoms with E-state index in [0.717, 1.165) is 24.3 Å². The third-order valence-electron chi connectivity index (χ3n) is 2.26. The number of unbranched alkanes of at least 4 members (excludes halogenated alkanes) is 1. The molecule has 6 nitrogen and oxygen atoms in total. The van der Waals surface area contributed by atoms with E-state index in [4.69, 9.17) is 11.6 Å². The zero-order valence-electron chi connectivity index (χ0n) is 9.98. The summed E-state index contributed by atoms with van der Waals surface area (Å²) in [5.74, 6) is 4.96. The van der Waals surface area contributed by atoms with E-state index in [1.54, 1.807) is 6.20 Å². The van der Waals surface area contributed by atoms with E-state index in [-0.39, 0.29) is 12.5 Å². The number of hydrazine groups is 1. The van der Waals surface area contributed by atoms with Gasteiger partial charge in [-0.1, -0.05) is 24.7 Å². The van der Waals surface area contributed by atoms with Crippen molar-refractivity contribution in [1.82, 2.24) is 9.88 Å². The van der Waals surface area contributed by atoms with E-state index >= 15 is 0 Å². The normalized spacial score (nSPS) is 10.8. The first-order valence-corrected chi connectivity index (χ1v) is 6.39. The van der Waals surface area contributed by atoms with E-state index in [1.165, 1.54) is 11.3 Å². The number of nitrogens with two attached hydrogens (primary N) is 2. The highest BCUT2D eigenvalue weighted by atomic mass is 32.1. The number of hydrogen-bond donors (Lipinski definition) is 3. The first-order valence-electron chi connectivity index (χ1n) is 5.57.